The normalized spacial score (nSPS) is 11.3. The van der Waals surface area contributed by atoms with Crippen molar-refractivity contribution in [2.45, 2.75) is 10.9 Å². The van der Waals surface area contributed by atoms with Crippen LogP contribution in [0.25, 0.3) is 0 Å². The fourth-order valence-corrected chi connectivity index (χ4v) is 2.66. The first-order valence-corrected chi connectivity index (χ1v) is 6.60. The van der Waals surface area contributed by atoms with Crippen molar-refractivity contribution in [2.24, 2.45) is 0 Å². The lowest BCUT2D eigenvalue weighted by Gasteiger charge is -2.01. The largest absolute Gasteiger partial charge is 0.336 e. The molecular weight excluding hydrogens is 258 g/mol. The first-order chi connectivity index (χ1) is 8.49. The van der Waals surface area contributed by atoms with E-state index in [4.69, 9.17) is 0 Å². The number of rotatable bonds is 4. The van der Waals surface area contributed by atoms with Crippen molar-refractivity contribution in [3.8, 4) is 0 Å². The number of nitrogens with one attached hydrogen (secondary N) is 1. The lowest BCUT2D eigenvalue weighted by molar-refractivity contribution is -0.384. The van der Waals surface area contributed by atoms with Crippen molar-refractivity contribution in [3.63, 3.8) is 0 Å². The Bertz CT molecular complexity index is 647. The van der Waals surface area contributed by atoms with Gasteiger partial charge in [-0.15, -0.1) is 0 Å². The zero-order valence-corrected chi connectivity index (χ0v) is 9.92. The molecule has 2 aromatic rings. The first-order valence-electron chi connectivity index (χ1n) is 4.94. The molecule has 7 nitrogen and oxygen atoms in total. The summed E-state index contributed by atoms with van der Waals surface area (Å²) in [4.78, 5) is 16.1. The van der Waals surface area contributed by atoms with Crippen LogP contribution in [0.2, 0.25) is 0 Å². The van der Waals surface area contributed by atoms with Crippen LogP contribution in [0.5, 0.6) is 0 Å². The summed E-state index contributed by atoms with van der Waals surface area (Å²) in [5, 5.41) is 10.3. The third-order valence-electron chi connectivity index (χ3n) is 2.27. The first kappa shape index (κ1) is 12.2. The number of imidazole rings is 1. The van der Waals surface area contributed by atoms with Crippen LogP contribution in [-0.4, -0.2) is 23.3 Å². The maximum absolute atomic E-state index is 11.9. The third kappa shape index (κ3) is 2.54. The quantitative estimate of drug-likeness (QED) is 0.663. The molecule has 1 aromatic heterocycles. The van der Waals surface area contributed by atoms with Gasteiger partial charge in [-0.3, -0.25) is 10.1 Å². The minimum atomic E-state index is -3.54. The number of H-pyrrole nitrogens is 1. The minimum Gasteiger partial charge on any atom is -0.336 e. The predicted octanol–water partition coefficient (Wildman–Crippen LogP) is 1.29. The van der Waals surface area contributed by atoms with Crippen LogP contribution in [0.4, 0.5) is 5.69 Å². The third-order valence-corrected chi connectivity index (χ3v) is 3.80. The molecule has 0 radical (unpaired) electrons. The SMILES string of the molecule is O=[N+]([O-])c1ccc(CS(=O)(=O)c2ncc[nH]2)cc1. The molecule has 8 heteroatoms. The van der Waals surface area contributed by atoms with E-state index in [2.05, 4.69) is 9.97 Å². The Morgan fingerprint density at radius 2 is 1.94 bits per heavy atom. The van der Waals surface area contributed by atoms with E-state index < -0.39 is 14.8 Å². The fraction of sp³-hybridized carbons (Fsp3) is 0.100. The molecule has 0 saturated heterocycles. The number of nitro groups is 1. The van der Waals surface area contributed by atoms with Crippen molar-refractivity contribution in [2.75, 3.05) is 0 Å². The molecule has 0 fully saturated rings. The average Bonchev–Trinajstić information content (AvgIpc) is 2.83. The van der Waals surface area contributed by atoms with Crippen molar-refractivity contribution in [1.82, 2.24) is 9.97 Å². The van der Waals surface area contributed by atoms with Crippen LogP contribution in [0.1, 0.15) is 5.56 Å². The van der Waals surface area contributed by atoms with E-state index in [0.717, 1.165) is 0 Å². The van der Waals surface area contributed by atoms with Crippen molar-refractivity contribution >= 4 is 15.5 Å². The molecule has 1 N–H and O–H groups in total. The van der Waals surface area contributed by atoms with Crippen LogP contribution < -0.4 is 0 Å². The van der Waals surface area contributed by atoms with Gasteiger partial charge in [-0.25, -0.2) is 13.4 Å². The number of aromatic nitrogens is 2. The number of benzene rings is 1. The van der Waals surface area contributed by atoms with Gasteiger partial charge in [0.25, 0.3) is 5.69 Å². The van der Waals surface area contributed by atoms with Gasteiger partial charge >= 0.3 is 0 Å². The second kappa shape index (κ2) is 4.57. The molecular formula is C10H9N3O4S. The molecule has 0 amide bonds. The summed E-state index contributed by atoms with van der Waals surface area (Å²) in [6.45, 7) is 0. The molecule has 1 aromatic carbocycles. The van der Waals surface area contributed by atoms with E-state index in [-0.39, 0.29) is 16.6 Å². The standard InChI is InChI=1S/C10H9N3O4S/c14-13(15)9-3-1-8(2-4-9)7-18(16,17)10-11-5-6-12-10/h1-6H,7H2,(H,11,12). The molecule has 2 rings (SSSR count). The highest BCUT2D eigenvalue weighted by molar-refractivity contribution is 7.90. The summed E-state index contributed by atoms with van der Waals surface area (Å²) in [6.07, 6.45) is 2.77. The Balaban J connectivity index is 2.22. The van der Waals surface area contributed by atoms with Crippen molar-refractivity contribution in [1.29, 1.82) is 0 Å². The maximum Gasteiger partial charge on any atom is 0.269 e. The Hall–Kier alpha value is -2.22. The lowest BCUT2D eigenvalue weighted by Crippen LogP contribution is -2.06. The van der Waals surface area contributed by atoms with Gasteiger partial charge in [0.15, 0.2) is 0 Å². The number of sulfone groups is 1. The number of nitro benzene ring substituents is 1. The lowest BCUT2D eigenvalue weighted by atomic mass is 10.2. The Morgan fingerprint density at radius 3 is 2.44 bits per heavy atom. The summed E-state index contributed by atoms with van der Waals surface area (Å²) in [5.74, 6) is -0.251. The Labute approximate surface area is 103 Å². The second-order valence-corrected chi connectivity index (χ2v) is 5.48. The van der Waals surface area contributed by atoms with Gasteiger partial charge < -0.3 is 4.98 Å². The number of hydrogen-bond donors (Lipinski definition) is 1. The smallest absolute Gasteiger partial charge is 0.269 e. The van der Waals surface area contributed by atoms with E-state index in [1.807, 2.05) is 0 Å². The van der Waals surface area contributed by atoms with E-state index in [0.29, 0.717) is 5.56 Å². The minimum absolute atomic E-state index is 0.0749. The molecule has 18 heavy (non-hydrogen) atoms. The molecule has 0 aliphatic rings. The molecule has 0 saturated carbocycles. The summed E-state index contributed by atoms with van der Waals surface area (Å²) in [5.41, 5.74) is 0.395. The van der Waals surface area contributed by atoms with Crippen LogP contribution in [0.15, 0.2) is 41.8 Å². The highest BCUT2D eigenvalue weighted by Crippen LogP contribution is 2.16. The van der Waals surface area contributed by atoms with Gasteiger partial charge in [0.05, 0.1) is 10.7 Å². The zero-order valence-electron chi connectivity index (χ0n) is 9.11. The molecule has 0 unspecified atom stereocenters. The van der Waals surface area contributed by atoms with Crippen LogP contribution >= 0.6 is 0 Å². The molecule has 0 aliphatic heterocycles. The molecule has 1 heterocycles. The van der Waals surface area contributed by atoms with Gasteiger partial charge in [0, 0.05) is 24.5 Å². The topological polar surface area (TPSA) is 106 Å². The molecule has 0 atom stereocenters. The van der Waals surface area contributed by atoms with Crippen LogP contribution in [0, 0.1) is 10.1 Å². The van der Waals surface area contributed by atoms with Crippen LogP contribution in [-0.2, 0) is 15.6 Å². The molecule has 0 bridgehead atoms. The summed E-state index contributed by atoms with van der Waals surface area (Å²) < 4.78 is 23.7. The number of non-ortho nitro benzene ring substituents is 1. The van der Waals surface area contributed by atoms with Gasteiger partial charge in [-0.2, -0.15) is 0 Å². The van der Waals surface area contributed by atoms with E-state index in [9.17, 15) is 18.5 Å². The van der Waals surface area contributed by atoms with E-state index in [1.165, 1.54) is 36.7 Å². The summed E-state index contributed by atoms with van der Waals surface area (Å²) >= 11 is 0. The highest BCUT2D eigenvalue weighted by atomic mass is 32.2. The number of aromatic amines is 1. The van der Waals surface area contributed by atoms with E-state index in [1.54, 1.807) is 0 Å². The van der Waals surface area contributed by atoms with Crippen LogP contribution in [0.3, 0.4) is 0 Å². The number of hydrogen-bond acceptors (Lipinski definition) is 5. The molecule has 94 valence electrons. The number of nitrogens with zero attached hydrogens (tertiary/aromatic N) is 2. The van der Waals surface area contributed by atoms with Crippen molar-refractivity contribution in [3.05, 3.63) is 52.3 Å². The second-order valence-electron chi connectivity index (χ2n) is 3.58. The Kier molecular flexibility index (Phi) is 3.11. The summed E-state index contributed by atoms with van der Waals surface area (Å²) in [6, 6.07) is 5.37. The van der Waals surface area contributed by atoms with Gasteiger partial charge in [0.2, 0.25) is 15.0 Å². The summed E-state index contributed by atoms with van der Waals surface area (Å²) in [7, 11) is -3.54. The van der Waals surface area contributed by atoms with Crippen molar-refractivity contribution < 1.29 is 13.3 Å². The predicted molar refractivity (Wildman–Crippen MR) is 62.6 cm³/mol. The molecule has 0 aliphatic carbocycles. The fourth-order valence-electron chi connectivity index (χ4n) is 1.42. The highest BCUT2D eigenvalue weighted by Gasteiger charge is 2.18. The zero-order chi connectivity index (χ0) is 13.2. The average molecular weight is 267 g/mol. The van der Waals surface area contributed by atoms with Gasteiger partial charge in [0.1, 0.15) is 0 Å². The van der Waals surface area contributed by atoms with Gasteiger partial charge in [-0.1, -0.05) is 12.1 Å². The van der Waals surface area contributed by atoms with E-state index >= 15 is 0 Å². The molecule has 0 spiro atoms. The monoisotopic (exact) mass is 267 g/mol. The Morgan fingerprint density at radius 1 is 1.28 bits per heavy atom. The maximum atomic E-state index is 11.9. The van der Waals surface area contributed by atoms with Gasteiger partial charge in [-0.05, 0) is 5.56 Å².